The number of benzene rings is 1. The van der Waals surface area contributed by atoms with Crippen molar-refractivity contribution in [2.24, 2.45) is 0 Å². The number of alkyl halides is 1. The Morgan fingerprint density at radius 3 is 2.54 bits per heavy atom. The molecular weight excluding hydrogens is 188 g/mol. The van der Waals surface area contributed by atoms with E-state index in [9.17, 15) is 4.79 Å². The zero-order chi connectivity index (χ0) is 10.0. The van der Waals surface area contributed by atoms with Crippen LogP contribution in [0.4, 0.5) is 11.4 Å². The van der Waals surface area contributed by atoms with Crippen molar-refractivity contribution in [3.63, 3.8) is 0 Å². The van der Waals surface area contributed by atoms with Gasteiger partial charge in [0.15, 0.2) is 5.78 Å². The summed E-state index contributed by atoms with van der Waals surface area (Å²) < 4.78 is 0. The molecule has 1 aromatic rings. The van der Waals surface area contributed by atoms with E-state index in [1.807, 2.05) is 6.92 Å². The average Bonchev–Trinajstić information content (AvgIpc) is 2.13. The Morgan fingerprint density at radius 2 is 2.00 bits per heavy atom. The molecule has 0 heterocycles. The maximum Gasteiger partial charge on any atom is 0.179 e. The predicted molar refractivity (Wildman–Crippen MR) is 55.1 cm³/mol. The summed E-state index contributed by atoms with van der Waals surface area (Å²) >= 11 is 5.40. The molecule has 1 aromatic carbocycles. The summed E-state index contributed by atoms with van der Waals surface area (Å²) in [5.41, 5.74) is 13.4. The minimum Gasteiger partial charge on any atom is -0.397 e. The molecule has 4 heteroatoms. The molecule has 1 rings (SSSR count). The molecule has 0 bridgehead atoms. The molecule has 4 N–H and O–H groups in total. The molecule has 0 aromatic heterocycles. The standard InChI is InChI=1S/C9H11ClN2O/c1-5-2-3-6(7(13)4-10)9(12)8(5)11/h2-3H,4,11-12H2,1H3. The molecular formula is C9H11ClN2O. The molecule has 0 saturated carbocycles. The highest BCUT2D eigenvalue weighted by Gasteiger charge is 2.11. The van der Waals surface area contributed by atoms with Gasteiger partial charge < -0.3 is 11.5 Å². The fraction of sp³-hybridized carbons (Fsp3) is 0.222. The van der Waals surface area contributed by atoms with Gasteiger partial charge in [-0.2, -0.15) is 0 Å². The Hall–Kier alpha value is -1.22. The molecule has 3 nitrogen and oxygen atoms in total. The minimum atomic E-state index is -0.203. The highest BCUT2D eigenvalue weighted by Crippen LogP contribution is 2.24. The van der Waals surface area contributed by atoms with E-state index in [-0.39, 0.29) is 11.7 Å². The van der Waals surface area contributed by atoms with Crippen molar-refractivity contribution in [1.82, 2.24) is 0 Å². The summed E-state index contributed by atoms with van der Waals surface area (Å²) in [4.78, 5) is 11.2. The quantitative estimate of drug-likeness (QED) is 0.431. The lowest BCUT2D eigenvalue weighted by Crippen LogP contribution is -2.08. The number of rotatable bonds is 2. The van der Waals surface area contributed by atoms with E-state index < -0.39 is 0 Å². The Kier molecular flexibility index (Phi) is 2.78. The van der Waals surface area contributed by atoms with E-state index >= 15 is 0 Å². The topological polar surface area (TPSA) is 69.1 Å². The molecule has 0 aliphatic carbocycles. The summed E-state index contributed by atoms with van der Waals surface area (Å²) in [5.74, 6) is -0.280. The lowest BCUT2D eigenvalue weighted by molar-refractivity contribution is 0.102. The van der Waals surface area contributed by atoms with Crippen LogP contribution < -0.4 is 11.5 Å². The fourth-order valence-electron chi connectivity index (χ4n) is 1.06. The van der Waals surface area contributed by atoms with Gasteiger partial charge in [-0.15, -0.1) is 11.6 Å². The van der Waals surface area contributed by atoms with Gasteiger partial charge in [0.2, 0.25) is 0 Å². The van der Waals surface area contributed by atoms with Gasteiger partial charge in [0, 0.05) is 5.56 Å². The maximum absolute atomic E-state index is 11.2. The second-order valence-electron chi connectivity index (χ2n) is 2.81. The fourth-order valence-corrected chi connectivity index (χ4v) is 1.20. The first-order chi connectivity index (χ1) is 6.07. The third-order valence-electron chi connectivity index (χ3n) is 1.93. The van der Waals surface area contributed by atoms with Crippen LogP contribution in [-0.2, 0) is 0 Å². The normalized spacial score (nSPS) is 10.0. The van der Waals surface area contributed by atoms with Crippen molar-refractivity contribution >= 4 is 28.8 Å². The second-order valence-corrected chi connectivity index (χ2v) is 3.08. The minimum absolute atomic E-state index is 0.0767. The van der Waals surface area contributed by atoms with Gasteiger partial charge in [0.05, 0.1) is 17.3 Å². The van der Waals surface area contributed by atoms with Crippen molar-refractivity contribution in [2.45, 2.75) is 6.92 Å². The van der Waals surface area contributed by atoms with E-state index in [0.29, 0.717) is 16.9 Å². The lowest BCUT2D eigenvalue weighted by atomic mass is 10.0. The van der Waals surface area contributed by atoms with Crippen LogP contribution in [0.2, 0.25) is 0 Å². The van der Waals surface area contributed by atoms with Gasteiger partial charge in [0.1, 0.15) is 0 Å². The summed E-state index contributed by atoms with van der Waals surface area (Å²) in [6.45, 7) is 1.83. The van der Waals surface area contributed by atoms with E-state index in [1.54, 1.807) is 12.1 Å². The molecule has 0 amide bonds. The van der Waals surface area contributed by atoms with Crippen molar-refractivity contribution in [3.8, 4) is 0 Å². The molecule has 0 unspecified atom stereocenters. The van der Waals surface area contributed by atoms with Crippen molar-refractivity contribution in [3.05, 3.63) is 23.3 Å². The van der Waals surface area contributed by atoms with Crippen molar-refractivity contribution < 1.29 is 4.79 Å². The molecule has 0 radical (unpaired) electrons. The predicted octanol–water partition coefficient (Wildman–Crippen LogP) is 1.58. The Labute approximate surface area is 81.7 Å². The van der Waals surface area contributed by atoms with Gasteiger partial charge in [-0.25, -0.2) is 0 Å². The molecule has 70 valence electrons. The van der Waals surface area contributed by atoms with E-state index in [2.05, 4.69) is 0 Å². The SMILES string of the molecule is Cc1ccc(C(=O)CCl)c(N)c1N. The Balaban J connectivity index is 3.26. The molecule has 0 spiro atoms. The number of halogens is 1. The zero-order valence-corrected chi connectivity index (χ0v) is 8.06. The monoisotopic (exact) mass is 198 g/mol. The largest absolute Gasteiger partial charge is 0.397 e. The lowest BCUT2D eigenvalue weighted by Gasteiger charge is -2.08. The first-order valence-electron chi connectivity index (χ1n) is 3.81. The summed E-state index contributed by atoms with van der Waals surface area (Å²) in [7, 11) is 0. The summed E-state index contributed by atoms with van der Waals surface area (Å²) in [6.07, 6.45) is 0. The second kappa shape index (κ2) is 3.66. The molecule has 0 aliphatic rings. The third kappa shape index (κ3) is 1.75. The number of nitrogen functional groups attached to an aromatic ring is 2. The van der Waals surface area contributed by atoms with Crippen LogP contribution in [0.25, 0.3) is 0 Å². The van der Waals surface area contributed by atoms with E-state index in [4.69, 9.17) is 23.1 Å². The summed E-state index contributed by atoms with van der Waals surface area (Å²) in [5, 5.41) is 0. The number of nitrogens with two attached hydrogens (primary N) is 2. The van der Waals surface area contributed by atoms with E-state index in [0.717, 1.165) is 5.56 Å². The van der Waals surface area contributed by atoms with Gasteiger partial charge in [-0.1, -0.05) is 6.07 Å². The zero-order valence-electron chi connectivity index (χ0n) is 7.30. The van der Waals surface area contributed by atoms with Gasteiger partial charge in [-0.05, 0) is 18.6 Å². The smallest absolute Gasteiger partial charge is 0.179 e. The van der Waals surface area contributed by atoms with Gasteiger partial charge in [0.25, 0.3) is 0 Å². The number of anilines is 2. The first-order valence-corrected chi connectivity index (χ1v) is 4.35. The van der Waals surface area contributed by atoms with Gasteiger partial charge in [-0.3, -0.25) is 4.79 Å². The number of Topliss-reactive ketones (excluding diaryl/α,β-unsaturated/α-hetero) is 1. The third-order valence-corrected chi connectivity index (χ3v) is 2.17. The van der Waals surface area contributed by atoms with Crippen molar-refractivity contribution in [2.75, 3.05) is 17.3 Å². The van der Waals surface area contributed by atoms with Crippen LogP contribution in [0.3, 0.4) is 0 Å². The van der Waals surface area contributed by atoms with Crippen molar-refractivity contribution in [1.29, 1.82) is 0 Å². The highest BCUT2D eigenvalue weighted by molar-refractivity contribution is 6.31. The number of hydrogen-bond donors (Lipinski definition) is 2. The summed E-state index contributed by atoms with van der Waals surface area (Å²) in [6, 6.07) is 3.40. The molecule has 0 aliphatic heterocycles. The average molecular weight is 199 g/mol. The number of ketones is 1. The number of carbonyl (C=O) groups is 1. The van der Waals surface area contributed by atoms with Gasteiger partial charge >= 0.3 is 0 Å². The van der Waals surface area contributed by atoms with Crippen LogP contribution in [0.1, 0.15) is 15.9 Å². The first kappa shape index (κ1) is 9.86. The molecule has 0 atom stereocenters. The maximum atomic E-state index is 11.2. The molecule has 0 fully saturated rings. The number of hydrogen-bond acceptors (Lipinski definition) is 3. The molecule has 13 heavy (non-hydrogen) atoms. The van der Waals surface area contributed by atoms with Crippen LogP contribution in [-0.4, -0.2) is 11.7 Å². The Morgan fingerprint density at radius 1 is 1.38 bits per heavy atom. The van der Waals surface area contributed by atoms with Crippen LogP contribution in [0.15, 0.2) is 12.1 Å². The Bertz CT molecular complexity index is 350. The van der Waals surface area contributed by atoms with Crippen LogP contribution in [0.5, 0.6) is 0 Å². The number of aryl methyl sites for hydroxylation is 1. The highest BCUT2D eigenvalue weighted by atomic mass is 35.5. The number of carbonyl (C=O) groups excluding carboxylic acids is 1. The van der Waals surface area contributed by atoms with E-state index in [1.165, 1.54) is 0 Å². The molecule has 0 saturated heterocycles. The van der Waals surface area contributed by atoms with Crippen LogP contribution in [0, 0.1) is 6.92 Å². The van der Waals surface area contributed by atoms with Crippen LogP contribution >= 0.6 is 11.6 Å².